The lowest BCUT2D eigenvalue weighted by atomic mass is 9.97. The fraction of sp³-hybridized carbons (Fsp3) is 0.769. The van der Waals surface area contributed by atoms with Crippen molar-refractivity contribution >= 4 is 5.96 Å². The van der Waals surface area contributed by atoms with E-state index in [9.17, 15) is 0 Å². The minimum Gasteiger partial charge on any atom is -0.374 e. The van der Waals surface area contributed by atoms with Crippen molar-refractivity contribution in [1.29, 1.82) is 0 Å². The fourth-order valence-electron chi connectivity index (χ4n) is 2.52. The van der Waals surface area contributed by atoms with Gasteiger partial charge in [-0.1, -0.05) is 12.2 Å². The van der Waals surface area contributed by atoms with Gasteiger partial charge >= 0.3 is 0 Å². The molecule has 0 radical (unpaired) electrons. The van der Waals surface area contributed by atoms with Crippen LogP contribution in [0.15, 0.2) is 17.1 Å². The molecule has 0 spiro atoms. The summed E-state index contributed by atoms with van der Waals surface area (Å²) in [6.07, 6.45) is 2.49. The third kappa shape index (κ3) is 3.00. The van der Waals surface area contributed by atoms with Gasteiger partial charge < -0.3 is 15.0 Å². The van der Waals surface area contributed by atoms with Crippen molar-refractivity contribution in [2.75, 3.05) is 33.3 Å². The second-order valence-electron chi connectivity index (χ2n) is 5.05. The molecule has 4 heteroatoms. The molecule has 96 valence electrons. The van der Waals surface area contributed by atoms with Crippen LogP contribution in [0.4, 0.5) is 0 Å². The van der Waals surface area contributed by atoms with Crippen molar-refractivity contribution in [3.05, 3.63) is 12.2 Å². The van der Waals surface area contributed by atoms with Crippen LogP contribution >= 0.6 is 0 Å². The third-order valence-corrected chi connectivity index (χ3v) is 3.50. The molecule has 1 N–H and O–H groups in total. The Morgan fingerprint density at radius 2 is 2.47 bits per heavy atom. The van der Waals surface area contributed by atoms with Crippen molar-refractivity contribution in [3.63, 3.8) is 0 Å². The predicted molar refractivity (Wildman–Crippen MR) is 70.2 cm³/mol. The van der Waals surface area contributed by atoms with Crippen LogP contribution in [0.25, 0.3) is 0 Å². The van der Waals surface area contributed by atoms with Gasteiger partial charge in [0.25, 0.3) is 0 Å². The molecule has 2 heterocycles. The zero-order valence-electron chi connectivity index (χ0n) is 10.9. The van der Waals surface area contributed by atoms with E-state index in [0.29, 0.717) is 5.92 Å². The Balaban J connectivity index is 1.85. The molecule has 0 aromatic heterocycles. The smallest absolute Gasteiger partial charge is 0.193 e. The van der Waals surface area contributed by atoms with E-state index in [1.165, 1.54) is 0 Å². The van der Waals surface area contributed by atoms with Crippen LogP contribution in [0.5, 0.6) is 0 Å². The van der Waals surface area contributed by atoms with Crippen LogP contribution in [0.2, 0.25) is 0 Å². The van der Waals surface area contributed by atoms with Gasteiger partial charge in [0.1, 0.15) is 0 Å². The average Bonchev–Trinajstić information content (AvgIpc) is 2.76. The van der Waals surface area contributed by atoms with Crippen molar-refractivity contribution in [2.24, 2.45) is 10.9 Å². The van der Waals surface area contributed by atoms with Crippen LogP contribution in [0, 0.1) is 5.92 Å². The average molecular weight is 237 g/mol. The van der Waals surface area contributed by atoms with Crippen LogP contribution in [-0.2, 0) is 4.74 Å². The summed E-state index contributed by atoms with van der Waals surface area (Å²) in [7, 11) is 2.09. The molecule has 0 bridgehead atoms. The topological polar surface area (TPSA) is 36.9 Å². The van der Waals surface area contributed by atoms with Crippen molar-refractivity contribution < 1.29 is 4.74 Å². The number of hydrogen-bond acceptors (Lipinski definition) is 4. The van der Waals surface area contributed by atoms with Gasteiger partial charge in [-0.05, 0) is 19.8 Å². The number of guanidine groups is 1. The van der Waals surface area contributed by atoms with E-state index in [0.717, 1.165) is 50.6 Å². The maximum atomic E-state index is 5.70. The molecular formula is C13H23N3O. The molecule has 2 atom stereocenters. The number of nitrogens with zero attached hydrogens (tertiary/aromatic N) is 2. The van der Waals surface area contributed by atoms with E-state index in [2.05, 4.69) is 28.8 Å². The van der Waals surface area contributed by atoms with Crippen LogP contribution < -0.4 is 5.32 Å². The first-order valence-electron chi connectivity index (χ1n) is 6.45. The lowest BCUT2D eigenvalue weighted by molar-refractivity contribution is 0.119. The SMILES string of the molecule is C=C(C)C1OCCC1CNC1=NCCCN1C. The lowest BCUT2D eigenvalue weighted by Crippen LogP contribution is -2.44. The highest BCUT2D eigenvalue weighted by atomic mass is 16.5. The summed E-state index contributed by atoms with van der Waals surface area (Å²) in [6.45, 7) is 9.87. The predicted octanol–water partition coefficient (Wildman–Crippen LogP) is 1.25. The number of ether oxygens (including phenoxy) is 1. The summed E-state index contributed by atoms with van der Waals surface area (Å²) >= 11 is 0. The molecule has 2 rings (SSSR count). The molecule has 2 unspecified atom stereocenters. The van der Waals surface area contributed by atoms with Gasteiger partial charge in [-0.25, -0.2) is 0 Å². The summed E-state index contributed by atoms with van der Waals surface area (Å²) in [5.74, 6) is 1.56. The van der Waals surface area contributed by atoms with Crippen molar-refractivity contribution in [3.8, 4) is 0 Å². The van der Waals surface area contributed by atoms with E-state index in [1.54, 1.807) is 0 Å². The largest absolute Gasteiger partial charge is 0.374 e. The normalized spacial score (nSPS) is 29.1. The molecule has 17 heavy (non-hydrogen) atoms. The number of aliphatic imine (C=N–C) groups is 1. The van der Waals surface area contributed by atoms with E-state index < -0.39 is 0 Å². The first-order chi connectivity index (χ1) is 8.18. The zero-order chi connectivity index (χ0) is 12.3. The molecule has 0 saturated carbocycles. The quantitative estimate of drug-likeness (QED) is 0.751. The van der Waals surface area contributed by atoms with E-state index in [1.807, 2.05) is 6.92 Å². The molecular weight excluding hydrogens is 214 g/mol. The third-order valence-electron chi connectivity index (χ3n) is 3.50. The standard InChI is InChI=1S/C13H23N3O/c1-10(2)12-11(5-8-17-12)9-15-13-14-6-4-7-16(13)3/h11-12H,1,4-9H2,2-3H3,(H,14,15). The van der Waals surface area contributed by atoms with E-state index in [4.69, 9.17) is 4.74 Å². The lowest BCUT2D eigenvalue weighted by Gasteiger charge is -2.27. The molecule has 0 aromatic carbocycles. The Morgan fingerprint density at radius 1 is 1.65 bits per heavy atom. The molecule has 0 amide bonds. The van der Waals surface area contributed by atoms with Gasteiger partial charge in [0.05, 0.1) is 6.10 Å². The second-order valence-corrected chi connectivity index (χ2v) is 5.05. The number of nitrogens with one attached hydrogen (secondary N) is 1. The fourth-order valence-corrected chi connectivity index (χ4v) is 2.52. The Morgan fingerprint density at radius 3 is 3.18 bits per heavy atom. The summed E-state index contributed by atoms with van der Waals surface area (Å²) in [4.78, 5) is 6.70. The number of rotatable bonds is 3. The molecule has 1 fully saturated rings. The Kier molecular flexibility index (Phi) is 4.05. The molecule has 4 nitrogen and oxygen atoms in total. The minimum absolute atomic E-state index is 0.219. The Bertz CT molecular complexity index is 314. The first-order valence-corrected chi connectivity index (χ1v) is 6.45. The Labute approximate surface area is 104 Å². The highest BCUT2D eigenvalue weighted by Crippen LogP contribution is 2.25. The maximum absolute atomic E-state index is 5.70. The van der Waals surface area contributed by atoms with Gasteiger partial charge in [-0.15, -0.1) is 0 Å². The van der Waals surface area contributed by atoms with Gasteiger partial charge in [0.15, 0.2) is 5.96 Å². The molecule has 2 aliphatic rings. The monoisotopic (exact) mass is 237 g/mol. The maximum Gasteiger partial charge on any atom is 0.193 e. The van der Waals surface area contributed by atoms with Gasteiger partial charge in [0.2, 0.25) is 0 Å². The van der Waals surface area contributed by atoms with Crippen LogP contribution in [0.3, 0.4) is 0 Å². The Hall–Kier alpha value is -1.03. The zero-order valence-corrected chi connectivity index (χ0v) is 10.9. The second kappa shape index (κ2) is 5.54. The van der Waals surface area contributed by atoms with Crippen LogP contribution in [-0.4, -0.2) is 50.3 Å². The first kappa shape index (κ1) is 12.4. The highest BCUT2D eigenvalue weighted by Gasteiger charge is 2.29. The van der Waals surface area contributed by atoms with E-state index in [-0.39, 0.29) is 6.10 Å². The van der Waals surface area contributed by atoms with Crippen molar-refractivity contribution in [2.45, 2.75) is 25.9 Å². The molecule has 1 saturated heterocycles. The van der Waals surface area contributed by atoms with E-state index >= 15 is 0 Å². The van der Waals surface area contributed by atoms with Crippen LogP contribution in [0.1, 0.15) is 19.8 Å². The minimum atomic E-state index is 0.219. The number of hydrogen-bond donors (Lipinski definition) is 1. The summed E-state index contributed by atoms with van der Waals surface area (Å²) in [5, 5.41) is 3.45. The van der Waals surface area contributed by atoms with Gasteiger partial charge in [-0.2, -0.15) is 0 Å². The van der Waals surface area contributed by atoms with Crippen molar-refractivity contribution in [1.82, 2.24) is 10.2 Å². The van der Waals surface area contributed by atoms with Gasteiger partial charge in [-0.3, -0.25) is 4.99 Å². The summed E-state index contributed by atoms with van der Waals surface area (Å²) in [5.41, 5.74) is 1.13. The summed E-state index contributed by atoms with van der Waals surface area (Å²) < 4.78 is 5.70. The highest BCUT2D eigenvalue weighted by molar-refractivity contribution is 5.80. The molecule has 2 aliphatic heterocycles. The summed E-state index contributed by atoms with van der Waals surface area (Å²) in [6, 6.07) is 0. The molecule has 0 aromatic rings. The van der Waals surface area contributed by atoms with Gasteiger partial charge in [0, 0.05) is 39.2 Å². The molecule has 0 aliphatic carbocycles.